The number of nitrogens with zero attached hydrogens (tertiary/aromatic N) is 1. The van der Waals surface area contributed by atoms with Crippen molar-refractivity contribution in [2.75, 3.05) is 26.4 Å². The van der Waals surface area contributed by atoms with Gasteiger partial charge in [-0.3, -0.25) is 0 Å². The molecule has 1 unspecified atom stereocenters. The first kappa shape index (κ1) is 20.6. The Labute approximate surface area is 135 Å². The van der Waals surface area contributed by atoms with E-state index in [0.717, 1.165) is 0 Å². The Hall–Kier alpha value is -2.43. The molecule has 1 N–H and O–H groups in total. The zero-order chi connectivity index (χ0) is 17.7. The number of nitriles is 1. The van der Waals surface area contributed by atoms with Crippen molar-refractivity contribution in [3.63, 3.8) is 0 Å². The van der Waals surface area contributed by atoms with Crippen molar-refractivity contribution in [3.8, 4) is 6.07 Å². The Bertz CT molecular complexity index is 499. The number of esters is 2. The fourth-order valence-corrected chi connectivity index (χ4v) is 1.03. The van der Waals surface area contributed by atoms with E-state index in [-0.39, 0.29) is 19.3 Å². The van der Waals surface area contributed by atoms with E-state index < -0.39 is 11.9 Å². The van der Waals surface area contributed by atoms with Gasteiger partial charge in [0.2, 0.25) is 0 Å². The van der Waals surface area contributed by atoms with Gasteiger partial charge in [0, 0.05) is 17.2 Å². The SMILES string of the molecule is C=C(C)C(=O)OCCO.C=C(CC=CC#N)C(=O)OCC1CO1. The van der Waals surface area contributed by atoms with Crippen LogP contribution in [-0.4, -0.2) is 49.6 Å². The van der Waals surface area contributed by atoms with Gasteiger partial charge in [-0.2, -0.15) is 5.26 Å². The molecule has 1 aliphatic rings. The van der Waals surface area contributed by atoms with Crippen molar-refractivity contribution < 1.29 is 28.9 Å². The maximum atomic E-state index is 11.2. The van der Waals surface area contributed by atoms with Crippen molar-refractivity contribution in [2.24, 2.45) is 0 Å². The van der Waals surface area contributed by atoms with E-state index in [9.17, 15) is 9.59 Å². The lowest BCUT2D eigenvalue weighted by atomic mass is 10.2. The van der Waals surface area contributed by atoms with Crippen molar-refractivity contribution in [1.29, 1.82) is 5.26 Å². The molecule has 0 aromatic heterocycles. The van der Waals surface area contributed by atoms with Crippen LogP contribution in [0.15, 0.2) is 36.5 Å². The molecule has 1 heterocycles. The van der Waals surface area contributed by atoms with Crippen molar-refractivity contribution in [2.45, 2.75) is 19.4 Å². The zero-order valence-corrected chi connectivity index (χ0v) is 13.1. The normalized spacial score (nSPS) is 14.9. The summed E-state index contributed by atoms with van der Waals surface area (Å²) in [5.74, 6) is -0.882. The summed E-state index contributed by atoms with van der Waals surface area (Å²) in [6.45, 7) is 9.32. The lowest BCUT2D eigenvalue weighted by Crippen LogP contribution is -2.11. The second kappa shape index (κ2) is 12.1. The lowest BCUT2D eigenvalue weighted by Gasteiger charge is -2.02. The minimum atomic E-state index is -0.455. The van der Waals surface area contributed by atoms with Crippen LogP contribution in [0.4, 0.5) is 0 Å². The quantitative estimate of drug-likeness (QED) is 0.308. The maximum absolute atomic E-state index is 11.2. The monoisotopic (exact) mass is 323 g/mol. The number of allylic oxidation sites excluding steroid dienone is 2. The molecule has 0 spiro atoms. The van der Waals surface area contributed by atoms with Crippen LogP contribution in [0.5, 0.6) is 0 Å². The average Bonchev–Trinajstić information content (AvgIpc) is 3.35. The molecule has 0 amide bonds. The van der Waals surface area contributed by atoms with Crippen LogP contribution in [0.3, 0.4) is 0 Å². The van der Waals surface area contributed by atoms with E-state index >= 15 is 0 Å². The highest BCUT2D eigenvalue weighted by atomic mass is 16.6. The summed E-state index contributed by atoms with van der Waals surface area (Å²) in [6, 6.07) is 1.83. The third-order valence-corrected chi connectivity index (χ3v) is 2.32. The van der Waals surface area contributed by atoms with Gasteiger partial charge in [0.05, 0.1) is 19.3 Å². The number of hydrogen-bond donors (Lipinski definition) is 1. The van der Waals surface area contributed by atoms with Gasteiger partial charge in [-0.1, -0.05) is 19.2 Å². The molecule has 126 valence electrons. The van der Waals surface area contributed by atoms with E-state index in [1.807, 2.05) is 6.07 Å². The predicted molar refractivity (Wildman–Crippen MR) is 82.1 cm³/mol. The summed E-state index contributed by atoms with van der Waals surface area (Å²) in [7, 11) is 0. The molecule has 0 bridgehead atoms. The summed E-state index contributed by atoms with van der Waals surface area (Å²) in [5.41, 5.74) is 0.695. The second-order valence-electron chi connectivity index (χ2n) is 4.53. The third-order valence-electron chi connectivity index (χ3n) is 2.32. The van der Waals surface area contributed by atoms with Crippen LogP contribution in [0, 0.1) is 11.3 Å². The number of carbonyl (C=O) groups excluding carboxylic acids is 2. The molecule has 1 saturated heterocycles. The first-order valence-electron chi connectivity index (χ1n) is 6.87. The second-order valence-corrected chi connectivity index (χ2v) is 4.53. The molecule has 0 aromatic rings. The van der Waals surface area contributed by atoms with E-state index in [1.165, 1.54) is 6.08 Å². The molecule has 7 nitrogen and oxygen atoms in total. The van der Waals surface area contributed by atoms with E-state index in [4.69, 9.17) is 19.8 Å². The predicted octanol–water partition coefficient (Wildman–Crippen LogP) is 1.05. The lowest BCUT2D eigenvalue weighted by molar-refractivity contribution is -0.140. The van der Waals surface area contributed by atoms with Crippen LogP contribution in [-0.2, 0) is 23.8 Å². The van der Waals surface area contributed by atoms with E-state index in [2.05, 4.69) is 17.9 Å². The highest BCUT2D eigenvalue weighted by Crippen LogP contribution is 2.10. The standard InChI is InChI=1S/C10H11NO3.C6H10O3/c1-8(4-2-3-5-11)10(12)14-7-9-6-13-9;1-5(2)6(8)9-4-3-7/h2-3,9H,1,4,6-7H2;7H,1,3-4H2,2H3. The summed E-state index contributed by atoms with van der Waals surface area (Å²) in [6.07, 6.45) is 3.29. The van der Waals surface area contributed by atoms with E-state index in [0.29, 0.717) is 30.8 Å². The molecular formula is C16H21NO6. The van der Waals surface area contributed by atoms with Gasteiger partial charge in [-0.05, 0) is 13.3 Å². The molecule has 0 radical (unpaired) electrons. The topological polar surface area (TPSA) is 109 Å². The zero-order valence-electron chi connectivity index (χ0n) is 13.1. The van der Waals surface area contributed by atoms with Crippen molar-refractivity contribution in [1.82, 2.24) is 0 Å². The Morgan fingerprint density at radius 2 is 2.04 bits per heavy atom. The molecular weight excluding hydrogens is 302 g/mol. The van der Waals surface area contributed by atoms with E-state index in [1.54, 1.807) is 13.0 Å². The molecule has 1 fully saturated rings. The molecule has 1 atom stereocenters. The highest BCUT2D eigenvalue weighted by Gasteiger charge is 2.24. The largest absolute Gasteiger partial charge is 0.460 e. The highest BCUT2D eigenvalue weighted by molar-refractivity contribution is 5.88. The minimum absolute atomic E-state index is 0.0473. The molecule has 0 aliphatic carbocycles. The van der Waals surface area contributed by atoms with Gasteiger partial charge in [-0.25, -0.2) is 9.59 Å². The third kappa shape index (κ3) is 11.9. The molecule has 23 heavy (non-hydrogen) atoms. The van der Waals surface area contributed by atoms with Gasteiger partial charge in [0.15, 0.2) is 0 Å². The summed E-state index contributed by atoms with van der Waals surface area (Å²) in [4.78, 5) is 21.6. The fraction of sp³-hybridized carbons (Fsp3) is 0.438. The Kier molecular flexibility index (Phi) is 10.9. The number of hydrogen-bond acceptors (Lipinski definition) is 7. The first-order valence-corrected chi connectivity index (χ1v) is 6.87. The molecule has 0 aromatic carbocycles. The van der Waals surface area contributed by atoms with Gasteiger partial charge < -0.3 is 19.3 Å². The maximum Gasteiger partial charge on any atom is 0.333 e. The van der Waals surface area contributed by atoms with Crippen LogP contribution in [0.2, 0.25) is 0 Å². The Balaban J connectivity index is 0.000000468. The molecule has 7 heteroatoms. The van der Waals surface area contributed by atoms with Crippen LogP contribution >= 0.6 is 0 Å². The molecule has 1 aliphatic heterocycles. The van der Waals surface area contributed by atoms with Crippen molar-refractivity contribution in [3.05, 3.63) is 36.5 Å². The number of aliphatic hydroxyl groups excluding tert-OH is 1. The van der Waals surface area contributed by atoms with Gasteiger partial charge in [-0.15, -0.1) is 0 Å². The number of rotatable bonds is 8. The fourth-order valence-electron chi connectivity index (χ4n) is 1.03. The van der Waals surface area contributed by atoms with Gasteiger partial charge >= 0.3 is 11.9 Å². The smallest absolute Gasteiger partial charge is 0.333 e. The van der Waals surface area contributed by atoms with Crippen LogP contribution in [0.1, 0.15) is 13.3 Å². The van der Waals surface area contributed by atoms with Crippen molar-refractivity contribution >= 4 is 11.9 Å². The van der Waals surface area contributed by atoms with Crippen LogP contribution < -0.4 is 0 Å². The first-order chi connectivity index (χ1) is 10.9. The Morgan fingerprint density at radius 1 is 1.39 bits per heavy atom. The summed E-state index contributed by atoms with van der Waals surface area (Å²) < 4.78 is 14.2. The van der Waals surface area contributed by atoms with Crippen LogP contribution in [0.25, 0.3) is 0 Å². The average molecular weight is 323 g/mol. The summed E-state index contributed by atoms with van der Waals surface area (Å²) in [5, 5.41) is 16.4. The minimum Gasteiger partial charge on any atom is -0.460 e. The Morgan fingerprint density at radius 3 is 2.52 bits per heavy atom. The van der Waals surface area contributed by atoms with Gasteiger partial charge in [0.25, 0.3) is 0 Å². The molecule has 1 rings (SSSR count). The molecule has 0 saturated carbocycles. The summed E-state index contributed by atoms with van der Waals surface area (Å²) >= 11 is 0. The number of ether oxygens (including phenoxy) is 3. The number of carbonyl (C=O) groups is 2. The van der Waals surface area contributed by atoms with Gasteiger partial charge in [0.1, 0.15) is 19.3 Å². The number of aliphatic hydroxyl groups is 1. The number of epoxide rings is 1.